The summed E-state index contributed by atoms with van der Waals surface area (Å²) in [6.45, 7) is 0.508. The Morgan fingerprint density at radius 2 is 2.00 bits per heavy atom. The summed E-state index contributed by atoms with van der Waals surface area (Å²) in [4.78, 5) is 0. The van der Waals surface area contributed by atoms with E-state index in [2.05, 4.69) is 10.5 Å². The maximum absolute atomic E-state index is 14.0. The minimum atomic E-state index is -4.14. The van der Waals surface area contributed by atoms with Gasteiger partial charge in [-0.2, -0.15) is 13.2 Å². The van der Waals surface area contributed by atoms with Gasteiger partial charge < -0.3 is 16.3 Å². The number of oxime groups is 1. The average molecular weight is 307 g/mol. The Bertz CT molecular complexity index is 489. The third kappa shape index (κ3) is 5.99. The molecule has 8 heteroatoms. The van der Waals surface area contributed by atoms with Gasteiger partial charge in [-0.05, 0) is 25.5 Å². The lowest BCUT2D eigenvalue weighted by Gasteiger charge is -2.09. The first kappa shape index (κ1) is 17.2. The molecule has 1 aromatic rings. The van der Waals surface area contributed by atoms with E-state index in [1.807, 2.05) is 0 Å². The molecular weight excluding hydrogens is 290 g/mol. The van der Waals surface area contributed by atoms with Crippen LogP contribution in [-0.4, -0.2) is 23.8 Å². The molecule has 0 aliphatic heterocycles. The van der Waals surface area contributed by atoms with Crippen LogP contribution in [-0.2, 0) is 6.54 Å². The maximum Gasteiger partial charge on any atom is 0.389 e. The van der Waals surface area contributed by atoms with E-state index in [0.29, 0.717) is 18.5 Å². The summed E-state index contributed by atoms with van der Waals surface area (Å²) in [6.07, 6.45) is -4.58. The largest absolute Gasteiger partial charge is 0.409 e. The van der Waals surface area contributed by atoms with Crippen molar-refractivity contribution in [2.75, 3.05) is 6.54 Å². The molecule has 0 fully saturated rings. The van der Waals surface area contributed by atoms with E-state index in [0.717, 1.165) is 0 Å². The molecular formula is C13H17F4N3O. The van der Waals surface area contributed by atoms with Gasteiger partial charge in [0.1, 0.15) is 5.82 Å². The predicted octanol–water partition coefficient (Wildman–Crippen LogP) is 2.74. The highest BCUT2D eigenvalue weighted by atomic mass is 19.4. The number of alkyl halides is 3. The van der Waals surface area contributed by atoms with Gasteiger partial charge in [0.05, 0.1) is 5.56 Å². The fourth-order valence-corrected chi connectivity index (χ4v) is 1.77. The number of hydrogen-bond donors (Lipinski definition) is 3. The van der Waals surface area contributed by atoms with Crippen molar-refractivity contribution >= 4 is 5.84 Å². The third-order valence-corrected chi connectivity index (χ3v) is 2.84. The Morgan fingerprint density at radius 1 is 1.29 bits per heavy atom. The molecule has 0 aliphatic rings. The molecule has 0 unspecified atom stereocenters. The van der Waals surface area contributed by atoms with Crippen LogP contribution in [0.1, 0.15) is 30.4 Å². The fourth-order valence-electron chi connectivity index (χ4n) is 1.77. The van der Waals surface area contributed by atoms with Crippen molar-refractivity contribution in [2.24, 2.45) is 10.9 Å². The Morgan fingerprint density at radius 3 is 2.62 bits per heavy atom. The lowest BCUT2D eigenvalue weighted by atomic mass is 10.1. The van der Waals surface area contributed by atoms with E-state index >= 15 is 0 Å². The number of nitrogens with one attached hydrogen (secondary N) is 1. The third-order valence-electron chi connectivity index (χ3n) is 2.84. The lowest BCUT2D eigenvalue weighted by molar-refractivity contribution is -0.135. The van der Waals surface area contributed by atoms with Crippen LogP contribution >= 0.6 is 0 Å². The quantitative estimate of drug-likeness (QED) is 0.181. The highest BCUT2D eigenvalue weighted by molar-refractivity contribution is 5.97. The highest BCUT2D eigenvalue weighted by Gasteiger charge is 2.25. The van der Waals surface area contributed by atoms with Crippen LogP contribution in [0.5, 0.6) is 0 Å². The standard InChI is InChI=1S/C13H17F4N3O/c14-11-9(4-3-5-10(11)12(18)20-21)8-19-7-2-1-6-13(15,16)17/h3-5,19,21H,1-2,6-8H2,(H2,18,20). The molecule has 0 aliphatic carbocycles. The normalized spacial score (nSPS) is 12.7. The topological polar surface area (TPSA) is 70.6 Å². The molecule has 0 saturated carbocycles. The van der Waals surface area contributed by atoms with Gasteiger partial charge in [0.15, 0.2) is 5.84 Å². The molecule has 0 amide bonds. The van der Waals surface area contributed by atoms with Crippen LogP contribution in [0, 0.1) is 5.82 Å². The number of rotatable bonds is 7. The maximum atomic E-state index is 14.0. The van der Waals surface area contributed by atoms with Crippen molar-refractivity contribution < 1.29 is 22.8 Å². The van der Waals surface area contributed by atoms with Crippen molar-refractivity contribution in [1.82, 2.24) is 5.32 Å². The van der Waals surface area contributed by atoms with Gasteiger partial charge in [0, 0.05) is 18.5 Å². The summed E-state index contributed by atoms with van der Waals surface area (Å²) in [6, 6.07) is 4.44. The van der Waals surface area contributed by atoms with Crippen molar-refractivity contribution in [3.05, 3.63) is 35.1 Å². The number of amidine groups is 1. The van der Waals surface area contributed by atoms with Crippen molar-refractivity contribution in [2.45, 2.75) is 32.0 Å². The van der Waals surface area contributed by atoms with Crippen molar-refractivity contribution in [3.63, 3.8) is 0 Å². The number of halogens is 4. The van der Waals surface area contributed by atoms with Gasteiger partial charge >= 0.3 is 6.18 Å². The van der Waals surface area contributed by atoms with E-state index in [1.165, 1.54) is 12.1 Å². The van der Waals surface area contributed by atoms with E-state index in [9.17, 15) is 17.6 Å². The summed E-state index contributed by atoms with van der Waals surface area (Å²) >= 11 is 0. The van der Waals surface area contributed by atoms with Gasteiger partial charge in [0.2, 0.25) is 0 Å². The van der Waals surface area contributed by atoms with Crippen LogP contribution in [0.4, 0.5) is 17.6 Å². The number of benzene rings is 1. The molecule has 1 rings (SSSR count). The molecule has 0 bridgehead atoms. The predicted molar refractivity (Wildman–Crippen MR) is 70.5 cm³/mol. The highest BCUT2D eigenvalue weighted by Crippen LogP contribution is 2.21. The van der Waals surface area contributed by atoms with E-state index in [4.69, 9.17) is 10.9 Å². The average Bonchev–Trinajstić information content (AvgIpc) is 2.42. The monoisotopic (exact) mass is 307 g/mol. The van der Waals surface area contributed by atoms with E-state index in [1.54, 1.807) is 6.07 Å². The molecule has 4 nitrogen and oxygen atoms in total. The molecule has 0 atom stereocenters. The minimum Gasteiger partial charge on any atom is -0.409 e. The number of unbranched alkanes of at least 4 members (excludes halogenated alkanes) is 1. The summed E-state index contributed by atoms with van der Waals surface area (Å²) < 4.78 is 49.7. The Balaban J connectivity index is 2.43. The Hall–Kier alpha value is -1.83. The van der Waals surface area contributed by atoms with Crippen LogP contribution in [0.25, 0.3) is 0 Å². The van der Waals surface area contributed by atoms with Gasteiger partial charge in [-0.25, -0.2) is 4.39 Å². The van der Waals surface area contributed by atoms with Gasteiger partial charge in [-0.3, -0.25) is 0 Å². The summed E-state index contributed by atoms with van der Waals surface area (Å²) in [5.74, 6) is -0.949. The van der Waals surface area contributed by atoms with E-state index in [-0.39, 0.29) is 24.4 Å². The Kier molecular flexibility index (Phi) is 6.41. The second-order valence-electron chi connectivity index (χ2n) is 4.51. The second-order valence-corrected chi connectivity index (χ2v) is 4.51. The zero-order chi connectivity index (χ0) is 15.9. The summed E-state index contributed by atoms with van der Waals surface area (Å²) in [5.41, 5.74) is 5.61. The van der Waals surface area contributed by atoms with Gasteiger partial charge in [0.25, 0.3) is 0 Å². The van der Waals surface area contributed by atoms with Gasteiger partial charge in [-0.15, -0.1) is 0 Å². The van der Waals surface area contributed by atoms with Gasteiger partial charge in [-0.1, -0.05) is 17.3 Å². The lowest BCUT2D eigenvalue weighted by Crippen LogP contribution is -2.19. The number of nitrogens with zero attached hydrogens (tertiary/aromatic N) is 1. The van der Waals surface area contributed by atoms with E-state index < -0.39 is 18.4 Å². The molecule has 0 aromatic heterocycles. The van der Waals surface area contributed by atoms with Crippen LogP contribution in [0.15, 0.2) is 23.4 Å². The molecule has 0 heterocycles. The number of hydrogen-bond acceptors (Lipinski definition) is 3. The molecule has 21 heavy (non-hydrogen) atoms. The fraction of sp³-hybridized carbons (Fsp3) is 0.462. The Labute approximate surface area is 119 Å². The molecule has 0 radical (unpaired) electrons. The zero-order valence-electron chi connectivity index (χ0n) is 11.3. The first-order valence-electron chi connectivity index (χ1n) is 6.38. The summed E-state index contributed by atoms with van der Waals surface area (Å²) in [7, 11) is 0. The smallest absolute Gasteiger partial charge is 0.389 e. The first-order valence-corrected chi connectivity index (χ1v) is 6.38. The molecule has 0 spiro atoms. The van der Waals surface area contributed by atoms with Crippen LogP contribution in [0.2, 0.25) is 0 Å². The molecule has 4 N–H and O–H groups in total. The summed E-state index contributed by atoms with van der Waals surface area (Å²) in [5, 5.41) is 14.1. The molecule has 0 saturated heterocycles. The minimum absolute atomic E-state index is 0.0196. The first-order chi connectivity index (χ1) is 9.85. The molecule has 1 aromatic carbocycles. The molecule has 118 valence electrons. The van der Waals surface area contributed by atoms with Crippen LogP contribution < -0.4 is 11.1 Å². The van der Waals surface area contributed by atoms with Crippen molar-refractivity contribution in [3.8, 4) is 0 Å². The SMILES string of the molecule is N/C(=N/O)c1cccc(CNCCCCC(F)(F)F)c1F. The zero-order valence-corrected chi connectivity index (χ0v) is 11.3. The second kappa shape index (κ2) is 7.82. The van der Waals surface area contributed by atoms with Crippen molar-refractivity contribution in [1.29, 1.82) is 0 Å². The number of nitrogens with two attached hydrogens (primary N) is 1. The van der Waals surface area contributed by atoms with Crippen LogP contribution in [0.3, 0.4) is 0 Å².